The SMILES string of the molecule is COc1ccc(CNC(=O)Cn2cc(NC(=O)C3CCC3)nn2)cc1OC. The third kappa shape index (κ3) is 4.75. The van der Waals surface area contributed by atoms with Crippen molar-refractivity contribution in [1.82, 2.24) is 20.3 Å². The summed E-state index contributed by atoms with van der Waals surface area (Å²) in [5, 5.41) is 13.3. The second-order valence-electron chi connectivity index (χ2n) is 6.38. The van der Waals surface area contributed by atoms with Gasteiger partial charge in [0, 0.05) is 12.5 Å². The lowest BCUT2D eigenvalue weighted by Gasteiger charge is -2.23. The molecule has 27 heavy (non-hydrogen) atoms. The third-order valence-electron chi connectivity index (χ3n) is 4.51. The summed E-state index contributed by atoms with van der Waals surface area (Å²) in [4.78, 5) is 24.0. The first-order valence-corrected chi connectivity index (χ1v) is 8.77. The number of hydrogen-bond donors (Lipinski definition) is 2. The third-order valence-corrected chi connectivity index (χ3v) is 4.51. The molecular formula is C18H23N5O4. The molecule has 2 N–H and O–H groups in total. The molecule has 9 nitrogen and oxygen atoms in total. The molecule has 0 aliphatic heterocycles. The summed E-state index contributed by atoms with van der Waals surface area (Å²) < 4.78 is 11.8. The van der Waals surface area contributed by atoms with Crippen LogP contribution in [-0.2, 0) is 22.7 Å². The first kappa shape index (κ1) is 18.7. The zero-order chi connectivity index (χ0) is 19.2. The van der Waals surface area contributed by atoms with Crippen LogP contribution >= 0.6 is 0 Å². The Labute approximate surface area is 157 Å². The molecule has 1 aromatic heterocycles. The predicted octanol–water partition coefficient (Wildman–Crippen LogP) is 1.35. The molecule has 0 radical (unpaired) electrons. The van der Waals surface area contributed by atoms with E-state index in [9.17, 15) is 9.59 Å². The van der Waals surface area contributed by atoms with Crippen LogP contribution in [0.15, 0.2) is 24.4 Å². The summed E-state index contributed by atoms with van der Waals surface area (Å²) in [5.74, 6) is 1.41. The molecule has 0 bridgehead atoms. The molecule has 1 saturated carbocycles. The summed E-state index contributed by atoms with van der Waals surface area (Å²) in [7, 11) is 3.13. The number of carbonyl (C=O) groups is 2. The van der Waals surface area contributed by atoms with Gasteiger partial charge in [0.25, 0.3) is 0 Å². The molecule has 1 heterocycles. The van der Waals surface area contributed by atoms with Crippen LogP contribution in [0.4, 0.5) is 5.82 Å². The molecule has 1 aliphatic rings. The van der Waals surface area contributed by atoms with Crippen molar-refractivity contribution in [3.05, 3.63) is 30.0 Å². The zero-order valence-electron chi connectivity index (χ0n) is 15.4. The number of ether oxygens (including phenoxy) is 2. The number of amides is 2. The lowest BCUT2D eigenvalue weighted by atomic mass is 9.85. The normalized spacial score (nSPS) is 13.6. The van der Waals surface area contributed by atoms with Gasteiger partial charge < -0.3 is 20.1 Å². The fourth-order valence-electron chi connectivity index (χ4n) is 2.73. The lowest BCUT2D eigenvalue weighted by molar-refractivity contribution is -0.122. The van der Waals surface area contributed by atoms with Crippen molar-refractivity contribution in [2.75, 3.05) is 19.5 Å². The Morgan fingerprint density at radius 3 is 2.67 bits per heavy atom. The minimum Gasteiger partial charge on any atom is -0.493 e. The van der Waals surface area contributed by atoms with Crippen molar-refractivity contribution in [1.29, 1.82) is 0 Å². The highest BCUT2D eigenvalue weighted by atomic mass is 16.5. The maximum Gasteiger partial charge on any atom is 0.242 e. The smallest absolute Gasteiger partial charge is 0.242 e. The molecular weight excluding hydrogens is 350 g/mol. The van der Waals surface area contributed by atoms with E-state index in [-0.39, 0.29) is 24.3 Å². The van der Waals surface area contributed by atoms with Crippen molar-refractivity contribution in [2.45, 2.75) is 32.4 Å². The quantitative estimate of drug-likeness (QED) is 0.723. The summed E-state index contributed by atoms with van der Waals surface area (Å²) in [6, 6.07) is 5.45. The number of aromatic nitrogens is 3. The Bertz CT molecular complexity index is 816. The summed E-state index contributed by atoms with van der Waals surface area (Å²) in [6.45, 7) is 0.360. The molecule has 2 aromatic rings. The number of benzene rings is 1. The summed E-state index contributed by atoms with van der Waals surface area (Å²) in [5.41, 5.74) is 0.882. The Kier molecular flexibility index (Phi) is 5.90. The molecule has 0 atom stereocenters. The predicted molar refractivity (Wildman–Crippen MR) is 97.4 cm³/mol. The van der Waals surface area contributed by atoms with E-state index in [1.165, 1.54) is 4.68 Å². The molecule has 1 fully saturated rings. The lowest BCUT2D eigenvalue weighted by Crippen LogP contribution is -2.28. The molecule has 1 aromatic carbocycles. The number of anilines is 1. The fourth-order valence-corrected chi connectivity index (χ4v) is 2.73. The van der Waals surface area contributed by atoms with Crippen molar-refractivity contribution in [2.24, 2.45) is 5.92 Å². The molecule has 0 saturated heterocycles. The first-order chi connectivity index (χ1) is 13.1. The Balaban J connectivity index is 1.48. The van der Waals surface area contributed by atoms with Gasteiger partial charge in [0.15, 0.2) is 17.3 Å². The van der Waals surface area contributed by atoms with Gasteiger partial charge in [-0.2, -0.15) is 0 Å². The van der Waals surface area contributed by atoms with E-state index in [0.29, 0.717) is 23.9 Å². The standard InChI is InChI=1S/C18H23N5O4/c1-26-14-7-6-12(8-15(14)27-2)9-19-17(24)11-23-10-16(21-22-23)20-18(25)13-4-3-5-13/h6-8,10,13H,3-5,9,11H2,1-2H3,(H,19,24)(H,20,25). The number of hydrogen-bond acceptors (Lipinski definition) is 6. The molecule has 1 aliphatic carbocycles. The van der Waals surface area contributed by atoms with E-state index in [4.69, 9.17) is 9.47 Å². The van der Waals surface area contributed by atoms with Gasteiger partial charge in [-0.3, -0.25) is 9.59 Å². The van der Waals surface area contributed by atoms with Crippen LogP contribution in [0.5, 0.6) is 11.5 Å². The minimum atomic E-state index is -0.216. The maximum atomic E-state index is 12.1. The average Bonchev–Trinajstić information content (AvgIpc) is 3.04. The monoisotopic (exact) mass is 373 g/mol. The molecule has 0 spiro atoms. The summed E-state index contributed by atoms with van der Waals surface area (Å²) in [6.07, 6.45) is 4.47. The highest BCUT2D eigenvalue weighted by Gasteiger charge is 2.25. The van der Waals surface area contributed by atoms with Crippen LogP contribution in [0.2, 0.25) is 0 Å². The van der Waals surface area contributed by atoms with Gasteiger partial charge in [0.1, 0.15) is 6.54 Å². The van der Waals surface area contributed by atoms with Gasteiger partial charge in [0.05, 0.1) is 20.4 Å². The van der Waals surface area contributed by atoms with Gasteiger partial charge in [-0.05, 0) is 30.5 Å². The van der Waals surface area contributed by atoms with E-state index >= 15 is 0 Å². The Morgan fingerprint density at radius 2 is 2.00 bits per heavy atom. The second-order valence-corrected chi connectivity index (χ2v) is 6.38. The topological polar surface area (TPSA) is 107 Å². The molecule has 0 unspecified atom stereocenters. The molecule has 9 heteroatoms. The van der Waals surface area contributed by atoms with Crippen LogP contribution in [0, 0.1) is 5.92 Å². The molecule has 3 rings (SSSR count). The van der Waals surface area contributed by atoms with Gasteiger partial charge in [-0.15, -0.1) is 5.10 Å². The zero-order valence-corrected chi connectivity index (χ0v) is 15.4. The van der Waals surface area contributed by atoms with Crippen LogP contribution in [0.3, 0.4) is 0 Å². The fraction of sp³-hybridized carbons (Fsp3) is 0.444. The van der Waals surface area contributed by atoms with Crippen LogP contribution in [0.1, 0.15) is 24.8 Å². The van der Waals surface area contributed by atoms with E-state index in [2.05, 4.69) is 20.9 Å². The van der Waals surface area contributed by atoms with Crippen molar-refractivity contribution in [3.8, 4) is 11.5 Å². The highest BCUT2D eigenvalue weighted by molar-refractivity contribution is 5.92. The minimum absolute atomic E-state index is 0.0135. The Hall–Kier alpha value is -3.10. The second kappa shape index (κ2) is 8.52. The van der Waals surface area contributed by atoms with Gasteiger partial charge in [-0.1, -0.05) is 17.7 Å². The highest BCUT2D eigenvalue weighted by Crippen LogP contribution is 2.28. The maximum absolute atomic E-state index is 12.1. The van der Waals surface area contributed by atoms with E-state index in [1.54, 1.807) is 26.5 Å². The van der Waals surface area contributed by atoms with Crippen LogP contribution < -0.4 is 20.1 Å². The number of carbonyl (C=O) groups excluding carboxylic acids is 2. The number of nitrogens with one attached hydrogen (secondary N) is 2. The van der Waals surface area contributed by atoms with Crippen molar-refractivity contribution >= 4 is 17.6 Å². The van der Waals surface area contributed by atoms with Crippen molar-refractivity contribution in [3.63, 3.8) is 0 Å². The Morgan fingerprint density at radius 1 is 1.22 bits per heavy atom. The van der Waals surface area contributed by atoms with Crippen molar-refractivity contribution < 1.29 is 19.1 Å². The summed E-state index contributed by atoms with van der Waals surface area (Å²) >= 11 is 0. The van der Waals surface area contributed by atoms with Gasteiger partial charge >= 0.3 is 0 Å². The van der Waals surface area contributed by atoms with Crippen LogP contribution in [-0.4, -0.2) is 41.0 Å². The molecule has 144 valence electrons. The van der Waals surface area contributed by atoms with Crippen LogP contribution in [0.25, 0.3) is 0 Å². The van der Waals surface area contributed by atoms with E-state index in [0.717, 1.165) is 24.8 Å². The molecule has 2 amide bonds. The number of methoxy groups -OCH3 is 2. The largest absolute Gasteiger partial charge is 0.493 e. The van der Waals surface area contributed by atoms with Gasteiger partial charge in [-0.25, -0.2) is 4.68 Å². The number of nitrogens with zero attached hydrogens (tertiary/aromatic N) is 3. The number of rotatable bonds is 8. The first-order valence-electron chi connectivity index (χ1n) is 8.77. The van der Waals surface area contributed by atoms with Gasteiger partial charge in [0.2, 0.25) is 11.8 Å². The van der Waals surface area contributed by atoms with E-state index < -0.39 is 0 Å². The van der Waals surface area contributed by atoms with E-state index in [1.807, 2.05) is 12.1 Å². The average molecular weight is 373 g/mol.